The molecule has 0 amide bonds. The van der Waals surface area contributed by atoms with E-state index in [-0.39, 0.29) is 0 Å². The molecule has 0 saturated carbocycles. The molecule has 68 valence electrons. The van der Waals surface area contributed by atoms with Crippen molar-refractivity contribution in [2.45, 2.75) is 12.4 Å². The van der Waals surface area contributed by atoms with E-state index in [1.165, 1.54) is 5.56 Å². The largest absolute Gasteiger partial charge is 0.329 e. The van der Waals surface area contributed by atoms with Gasteiger partial charge in [-0.1, -0.05) is 0 Å². The molecule has 0 aliphatic carbocycles. The Bertz CT molecular complexity index is 367. The summed E-state index contributed by atoms with van der Waals surface area (Å²) in [5.41, 5.74) is 1.30. The molecule has 2 heterocycles. The van der Waals surface area contributed by atoms with Crippen LogP contribution in [0, 0.1) is 0 Å². The highest BCUT2D eigenvalue weighted by Crippen LogP contribution is 2.10. The Morgan fingerprint density at radius 3 is 3.15 bits per heavy atom. The van der Waals surface area contributed by atoms with Gasteiger partial charge in [-0.2, -0.15) is 11.3 Å². The van der Waals surface area contributed by atoms with E-state index in [0.717, 1.165) is 12.4 Å². The molecule has 0 radical (unpaired) electrons. The molecule has 0 atom stereocenters. The van der Waals surface area contributed by atoms with Crippen molar-refractivity contribution < 1.29 is 0 Å². The molecule has 0 spiro atoms. The van der Waals surface area contributed by atoms with Crippen molar-refractivity contribution in [3.05, 3.63) is 40.6 Å². The Hall–Kier alpha value is -0.800. The van der Waals surface area contributed by atoms with Gasteiger partial charge >= 0.3 is 0 Å². The van der Waals surface area contributed by atoms with Crippen molar-refractivity contribution in [3.8, 4) is 0 Å². The molecule has 0 N–H and O–H groups in total. The third-order valence-corrected chi connectivity index (χ3v) is 2.83. The maximum atomic E-state index is 5.73. The fourth-order valence-corrected chi connectivity index (χ4v) is 2.08. The minimum absolute atomic E-state index is 0.469. The first-order valence-corrected chi connectivity index (χ1v) is 5.45. The molecule has 2 aromatic heterocycles. The van der Waals surface area contributed by atoms with E-state index < -0.39 is 0 Å². The lowest BCUT2D eigenvalue weighted by molar-refractivity contribution is 0.757. The maximum absolute atomic E-state index is 5.73. The number of hydrogen-bond acceptors (Lipinski definition) is 2. The molecule has 0 fully saturated rings. The van der Waals surface area contributed by atoms with Crippen LogP contribution in [0.1, 0.15) is 11.4 Å². The quantitative estimate of drug-likeness (QED) is 0.716. The van der Waals surface area contributed by atoms with Crippen LogP contribution in [0.3, 0.4) is 0 Å². The highest BCUT2D eigenvalue weighted by molar-refractivity contribution is 7.07. The monoisotopic (exact) mass is 212 g/mol. The predicted octanol–water partition coefficient (Wildman–Crippen LogP) is 2.73. The zero-order valence-corrected chi connectivity index (χ0v) is 8.55. The molecular weight excluding hydrogens is 204 g/mol. The van der Waals surface area contributed by atoms with Crippen molar-refractivity contribution in [2.24, 2.45) is 0 Å². The topological polar surface area (TPSA) is 17.8 Å². The normalized spacial score (nSPS) is 10.5. The lowest BCUT2D eigenvalue weighted by Gasteiger charge is -2.02. The lowest BCUT2D eigenvalue weighted by Crippen LogP contribution is -2.01. The van der Waals surface area contributed by atoms with Crippen LogP contribution in [0.2, 0.25) is 0 Å². The molecule has 2 nitrogen and oxygen atoms in total. The first kappa shape index (κ1) is 8.78. The van der Waals surface area contributed by atoms with Crippen LogP contribution in [0.15, 0.2) is 29.2 Å². The summed E-state index contributed by atoms with van der Waals surface area (Å²) in [5.74, 6) is 1.39. The van der Waals surface area contributed by atoms with Gasteiger partial charge in [0.2, 0.25) is 0 Å². The highest BCUT2D eigenvalue weighted by atomic mass is 35.5. The van der Waals surface area contributed by atoms with Crippen LogP contribution in [0.25, 0.3) is 0 Å². The van der Waals surface area contributed by atoms with Crippen molar-refractivity contribution in [1.82, 2.24) is 9.55 Å². The number of nitrogens with zero attached hydrogens (tertiary/aromatic N) is 2. The standard InChI is InChI=1S/C9H9ClN2S/c10-5-9-11-2-3-12(9)6-8-1-4-13-7-8/h1-4,7H,5-6H2. The number of aromatic nitrogens is 2. The maximum Gasteiger partial charge on any atom is 0.123 e. The number of alkyl halides is 1. The minimum atomic E-state index is 0.469. The van der Waals surface area contributed by atoms with Gasteiger partial charge in [-0.25, -0.2) is 4.98 Å². The van der Waals surface area contributed by atoms with Gasteiger partial charge in [0.05, 0.1) is 5.88 Å². The van der Waals surface area contributed by atoms with Gasteiger partial charge in [-0.3, -0.25) is 0 Å². The second-order valence-electron chi connectivity index (χ2n) is 2.74. The van der Waals surface area contributed by atoms with E-state index in [1.807, 2.05) is 6.20 Å². The summed E-state index contributed by atoms with van der Waals surface area (Å²) in [6.45, 7) is 0.867. The van der Waals surface area contributed by atoms with Gasteiger partial charge in [0.15, 0.2) is 0 Å². The number of halogens is 1. The van der Waals surface area contributed by atoms with E-state index in [1.54, 1.807) is 17.5 Å². The Morgan fingerprint density at radius 1 is 1.54 bits per heavy atom. The Balaban J connectivity index is 2.18. The smallest absolute Gasteiger partial charge is 0.123 e. The van der Waals surface area contributed by atoms with Crippen LogP contribution in [0.5, 0.6) is 0 Å². The van der Waals surface area contributed by atoms with Gasteiger partial charge in [0.25, 0.3) is 0 Å². The zero-order chi connectivity index (χ0) is 9.10. The Morgan fingerprint density at radius 2 is 2.46 bits per heavy atom. The summed E-state index contributed by atoms with van der Waals surface area (Å²) < 4.78 is 2.06. The average molecular weight is 213 g/mol. The molecule has 0 bridgehead atoms. The molecule has 0 aromatic carbocycles. The van der Waals surface area contributed by atoms with Gasteiger partial charge < -0.3 is 4.57 Å². The lowest BCUT2D eigenvalue weighted by atomic mass is 10.3. The van der Waals surface area contributed by atoms with Crippen LogP contribution in [-0.2, 0) is 12.4 Å². The Labute approximate surface area is 85.8 Å². The summed E-state index contributed by atoms with van der Waals surface area (Å²) in [6.07, 6.45) is 3.74. The first-order chi connectivity index (χ1) is 6.40. The minimum Gasteiger partial charge on any atom is -0.329 e. The van der Waals surface area contributed by atoms with Gasteiger partial charge in [0.1, 0.15) is 5.82 Å². The summed E-state index contributed by atoms with van der Waals surface area (Å²) in [7, 11) is 0. The third-order valence-electron chi connectivity index (χ3n) is 1.85. The molecule has 4 heteroatoms. The fourth-order valence-electron chi connectivity index (χ4n) is 1.19. The van der Waals surface area contributed by atoms with Crippen LogP contribution >= 0.6 is 22.9 Å². The zero-order valence-electron chi connectivity index (χ0n) is 6.98. The van der Waals surface area contributed by atoms with Gasteiger partial charge in [-0.15, -0.1) is 11.6 Å². The third kappa shape index (κ3) is 1.92. The summed E-state index contributed by atoms with van der Waals surface area (Å²) in [6, 6.07) is 2.11. The molecule has 2 rings (SSSR count). The summed E-state index contributed by atoms with van der Waals surface area (Å²) in [4.78, 5) is 4.15. The molecular formula is C9H9ClN2S. The van der Waals surface area contributed by atoms with Crippen molar-refractivity contribution in [1.29, 1.82) is 0 Å². The average Bonchev–Trinajstić information content (AvgIpc) is 2.76. The van der Waals surface area contributed by atoms with Crippen LogP contribution in [0.4, 0.5) is 0 Å². The molecule has 0 unspecified atom stereocenters. The highest BCUT2D eigenvalue weighted by Gasteiger charge is 2.01. The van der Waals surface area contributed by atoms with Crippen LogP contribution < -0.4 is 0 Å². The molecule has 2 aromatic rings. The van der Waals surface area contributed by atoms with E-state index in [9.17, 15) is 0 Å². The van der Waals surface area contributed by atoms with Gasteiger partial charge in [-0.05, 0) is 22.4 Å². The molecule has 13 heavy (non-hydrogen) atoms. The number of imidazole rings is 1. The Kier molecular flexibility index (Phi) is 2.66. The van der Waals surface area contributed by atoms with Crippen molar-refractivity contribution >= 4 is 22.9 Å². The summed E-state index contributed by atoms with van der Waals surface area (Å²) in [5, 5.41) is 4.21. The van der Waals surface area contributed by atoms with E-state index >= 15 is 0 Å². The molecule has 0 aliphatic heterocycles. The fraction of sp³-hybridized carbons (Fsp3) is 0.222. The summed E-state index contributed by atoms with van der Waals surface area (Å²) >= 11 is 7.44. The predicted molar refractivity (Wildman–Crippen MR) is 55.2 cm³/mol. The van der Waals surface area contributed by atoms with Crippen molar-refractivity contribution in [3.63, 3.8) is 0 Å². The number of thiophene rings is 1. The van der Waals surface area contributed by atoms with Crippen molar-refractivity contribution in [2.75, 3.05) is 0 Å². The first-order valence-electron chi connectivity index (χ1n) is 3.97. The van der Waals surface area contributed by atoms with E-state index in [0.29, 0.717) is 5.88 Å². The van der Waals surface area contributed by atoms with Gasteiger partial charge in [0, 0.05) is 18.9 Å². The second-order valence-corrected chi connectivity index (χ2v) is 3.78. The molecule has 0 aliphatic rings. The SMILES string of the molecule is ClCc1nccn1Cc1ccsc1. The second kappa shape index (κ2) is 3.94. The number of hydrogen-bond donors (Lipinski definition) is 0. The number of rotatable bonds is 3. The van der Waals surface area contributed by atoms with Crippen LogP contribution in [-0.4, -0.2) is 9.55 Å². The molecule has 0 saturated heterocycles. The van der Waals surface area contributed by atoms with E-state index in [4.69, 9.17) is 11.6 Å². The van der Waals surface area contributed by atoms with E-state index in [2.05, 4.69) is 26.4 Å².